The summed E-state index contributed by atoms with van der Waals surface area (Å²) in [6, 6.07) is 1.72. The predicted molar refractivity (Wildman–Crippen MR) is 97.9 cm³/mol. The number of carbonyl (C=O) groups excluding carboxylic acids is 1. The molecule has 0 aromatic carbocycles. The monoisotopic (exact) mass is 355 g/mol. The van der Waals surface area contributed by atoms with Crippen molar-refractivity contribution < 1.29 is 4.79 Å². The van der Waals surface area contributed by atoms with Gasteiger partial charge in [0.15, 0.2) is 5.65 Å². The molecule has 1 atom stereocenters. The predicted octanol–water partition coefficient (Wildman–Crippen LogP) is 2.30. The molecular weight excluding hydrogens is 330 g/mol. The summed E-state index contributed by atoms with van der Waals surface area (Å²) in [4.78, 5) is 22.0. The molecule has 26 heavy (non-hydrogen) atoms. The molecule has 3 aromatic rings. The Balaban J connectivity index is 1.99. The number of nitrogens with one attached hydrogen (secondary N) is 1. The van der Waals surface area contributed by atoms with Crippen LogP contribution < -0.4 is 5.32 Å². The quantitative estimate of drug-likeness (QED) is 0.758. The first-order valence-corrected chi connectivity index (χ1v) is 8.76. The Morgan fingerprint density at radius 2 is 2.00 bits per heavy atom. The van der Waals surface area contributed by atoms with Gasteiger partial charge in [-0.3, -0.25) is 9.48 Å². The maximum absolute atomic E-state index is 13.1. The molecule has 1 amide bonds. The van der Waals surface area contributed by atoms with Crippen LogP contribution in [0.15, 0.2) is 12.4 Å². The first kappa shape index (κ1) is 18.0. The molecule has 0 aliphatic heterocycles. The van der Waals surface area contributed by atoms with Crippen molar-refractivity contribution >= 4 is 11.6 Å². The third kappa shape index (κ3) is 3.31. The second-order valence-corrected chi connectivity index (χ2v) is 7.13. The third-order valence-electron chi connectivity index (χ3n) is 4.37. The molecule has 3 rings (SSSR count). The fourth-order valence-electron chi connectivity index (χ4n) is 3.24. The zero-order chi connectivity index (χ0) is 19.0. The van der Waals surface area contributed by atoms with Crippen LogP contribution in [0.2, 0.25) is 0 Å². The average molecular weight is 355 g/mol. The number of aryl methyl sites for hydroxylation is 4. The zero-order valence-corrected chi connectivity index (χ0v) is 16.1. The minimum Gasteiger partial charge on any atom is -0.342 e. The molecule has 8 heteroatoms. The molecule has 0 unspecified atom stereocenters. The van der Waals surface area contributed by atoms with E-state index < -0.39 is 0 Å². The van der Waals surface area contributed by atoms with E-state index in [0.29, 0.717) is 22.8 Å². The van der Waals surface area contributed by atoms with Crippen LogP contribution >= 0.6 is 0 Å². The van der Waals surface area contributed by atoms with Crippen molar-refractivity contribution in [2.24, 2.45) is 13.0 Å². The second kappa shape index (κ2) is 6.86. The number of rotatable bonds is 5. The Hall–Kier alpha value is -2.77. The molecule has 0 bridgehead atoms. The number of hydrogen-bond donors (Lipinski definition) is 1. The largest absolute Gasteiger partial charge is 0.342 e. The molecule has 0 fully saturated rings. The van der Waals surface area contributed by atoms with Gasteiger partial charge in [-0.2, -0.15) is 10.2 Å². The molecule has 0 aliphatic carbocycles. The maximum Gasteiger partial charge on any atom is 0.257 e. The number of fused-ring (bicyclic) bond motifs is 1. The van der Waals surface area contributed by atoms with Crippen LogP contribution in [0.25, 0.3) is 5.65 Å². The smallest absolute Gasteiger partial charge is 0.257 e. The average Bonchev–Trinajstić information content (AvgIpc) is 3.09. The summed E-state index contributed by atoms with van der Waals surface area (Å²) < 4.78 is 3.42. The molecule has 0 saturated heterocycles. The summed E-state index contributed by atoms with van der Waals surface area (Å²) in [6.07, 6.45) is 2.27. The third-order valence-corrected chi connectivity index (χ3v) is 4.37. The molecule has 0 spiro atoms. The summed E-state index contributed by atoms with van der Waals surface area (Å²) >= 11 is 0. The molecule has 0 aliphatic rings. The standard InChI is InChI=1S/C18H25N7O/c1-10(2)7-14(16-19-9-20-24(16)6)22-18(26)15-13(5)23-25-12(4)8-11(3)21-17(15)25/h8-10,14H,7H2,1-6H3,(H,22,26)/t14-/m1/s1. The topological polar surface area (TPSA) is 90.0 Å². The Morgan fingerprint density at radius 3 is 2.62 bits per heavy atom. The van der Waals surface area contributed by atoms with Gasteiger partial charge in [-0.1, -0.05) is 13.8 Å². The van der Waals surface area contributed by atoms with Gasteiger partial charge >= 0.3 is 0 Å². The van der Waals surface area contributed by atoms with Gasteiger partial charge in [0.2, 0.25) is 0 Å². The van der Waals surface area contributed by atoms with Crippen LogP contribution in [0, 0.1) is 26.7 Å². The summed E-state index contributed by atoms with van der Waals surface area (Å²) in [5.74, 6) is 0.940. The highest BCUT2D eigenvalue weighted by molar-refractivity contribution is 6.01. The van der Waals surface area contributed by atoms with E-state index in [1.165, 1.54) is 6.33 Å². The van der Waals surface area contributed by atoms with E-state index in [9.17, 15) is 4.79 Å². The summed E-state index contributed by atoms with van der Waals surface area (Å²) in [5.41, 5.74) is 3.55. The van der Waals surface area contributed by atoms with Crippen LogP contribution in [-0.2, 0) is 7.05 Å². The lowest BCUT2D eigenvalue weighted by Gasteiger charge is -2.19. The zero-order valence-electron chi connectivity index (χ0n) is 16.1. The molecule has 1 N–H and O–H groups in total. The van der Waals surface area contributed by atoms with Crippen molar-refractivity contribution in [2.75, 3.05) is 0 Å². The van der Waals surface area contributed by atoms with E-state index in [0.717, 1.165) is 23.6 Å². The lowest BCUT2D eigenvalue weighted by molar-refractivity contribution is 0.0930. The van der Waals surface area contributed by atoms with Crippen molar-refractivity contribution in [1.29, 1.82) is 0 Å². The fourth-order valence-corrected chi connectivity index (χ4v) is 3.24. The first-order chi connectivity index (χ1) is 12.3. The molecule has 8 nitrogen and oxygen atoms in total. The Labute approximate surface area is 152 Å². The number of nitrogens with zero attached hydrogens (tertiary/aromatic N) is 6. The molecule has 0 saturated carbocycles. The van der Waals surface area contributed by atoms with Crippen LogP contribution in [0.5, 0.6) is 0 Å². The first-order valence-electron chi connectivity index (χ1n) is 8.76. The van der Waals surface area contributed by atoms with Crippen LogP contribution in [0.4, 0.5) is 0 Å². The van der Waals surface area contributed by atoms with Gasteiger partial charge in [0, 0.05) is 18.4 Å². The summed E-state index contributed by atoms with van der Waals surface area (Å²) in [7, 11) is 1.83. The number of carbonyl (C=O) groups is 1. The molecular formula is C18H25N7O. The highest BCUT2D eigenvalue weighted by atomic mass is 16.1. The summed E-state index contributed by atoms with van der Waals surface area (Å²) in [5, 5.41) is 11.7. The molecule has 138 valence electrons. The maximum atomic E-state index is 13.1. The van der Waals surface area contributed by atoms with Crippen LogP contribution in [0.1, 0.15) is 59.6 Å². The lowest BCUT2D eigenvalue weighted by atomic mass is 10.0. The van der Waals surface area contributed by atoms with Gasteiger partial charge in [-0.25, -0.2) is 14.5 Å². The second-order valence-electron chi connectivity index (χ2n) is 7.13. The van der Waals surface area contributed by atoms with E-state index in [4.69, 9.17) is 0 Å². The lowest BCUT2D eigenvalue weighted by Crippen LogP contribution is -2.32. The highest BCUT2D eigenvalue weighted by Crippen LogP contribution is 2.22. The Kier molecular flexibility index (Phi) is 4.76. The number of amides is 1. The van der Waals surface area contributed by atoms with E-state index in [-0.39, 0.29) is 11.9 Å². The van der Waals surface area contributed by atoms with Crippen LogP contribution in [-0.4, -0.2) is 35.3 Å². The van der Waals surface area contributed by atoms with E-state index in [1.807, 2.05) is 33.9 Å². The van der Waals surface area contributed by atoms with E-state index >= 15 is 0 Å². The Morgan fingerprint density at radius 1 is 1.27 bits per heavy atom. The minimum absolute atomic E-state index is 0.191. The van der Waals surface area contributed by atoms with Crippen LogP contribution in [0.3, 0.4) is 0 Å². The van der Waals surface area contributed by atoms with Gasteiger partial charge < -0.3 is 5.32 Å². The van der Waals surface area contributed by atoms with Gasteiger partial charge in [-0.05, 0) is 39.2 Å². The van der Waals surface area contributed by atoms with E-state index in [2.05, 4.69) is 39.3 Å². The summed E-state index contributed by atoms with van der Waals surface area (Å²) in [6.45, 7) is 9.93. The normalized spacial score (nSPS) is 12.7. The number of aromatic nitrogens is 6. The SMILES string of the molecule is Cc1cc(C)n2nc(C)c(C(=O)N[C@H](CC(C)C)c3ncnn3C)c2n1. The van der Waals surface area contributed by atoms with Gasteiger partial charge in [-0.15, -0.1) is 0 Å². The van der Waals surface area contributed by atoms with Crippen molar-refractivity contribution in [3.05, 3.63) is 40.9 Å². The van der Waals surface area contributed by atoms with Gasteiger partial charge in [0.1, 0.15) is 17.7 Å². The minimum atomic E-state index is -0.227. The Bertz CT molecular complexity index is 954. The molecule has 0 radical (unpaired) electrons. The fraction of sp³-hybridized carbons (Fsp3) is 0.500. The van der Waals surface area contributed by atoms with Gasteiger partial charge in [0.25, 0.3) is 5.91 Å². The molecule has 3 heterocycles. The van der Waals surface area contributed by atoms with Crippen molar-refractivity contribution in [3.8, 4) is 0 Å². The van der Waals surface area contributed by atoms with Crippen molar-refractivity contribution in [3.63, 3.8) is 0 Å². The number of hydrogen-bond acceptors (Lipinski definition) is 5. The van der Waals surface area contributed by atoms with Crippen molar-refractivity contribution in [1.82, 2.24) is 34.7 Å². The highest BCUT2D eigenvalue weighted by Gasteiger charge is 2.25. The van der Waals surface area contributed by atoms with E-state index in [1.54, 1.807) is 9.20 Å². The van der Waals surface area contributed by atoms with Gasteiger partial charge in [0.05, 0.1) is 11.7 Å². The molecule has 3 aromatic heterocycles. The van der Waals surface area contributed by atoms with Crippen molar-refractivity contribution in [2.45, 2.75) is 47.1 Å².